The summed E-state index contributed by atoms with van der Waals surface area (Å²) in [7, 11) is 1.99. The average Bonchev–Trinajstić information content (AvgIpc) is 2.71. The lowest BCUT2D eigenvalue weighted by molar-refractivity contribution is 0.315. The summed E-state index contributed by atoms with van der Waals surface area (Å²) in [4.78, 5) is 9.12. The maximum Gasteiger partial charge on any atom is 0.187 e. The van der Waals surface area contributed by atoms with Crippen LogP contribution in [0.5, 0.6) is 0 Å². The lowest BCUT2D eigenvalue weighted by atomic mass is 9.72. The maximum absolute atomic E-state index is 4.56. The van der Waals surface area contributed by atoms with Gasteiger partial charge in [0.1, 0.15) is 0 Å². The molecule has 1 atom stereocenters. The molecule has 1 N–H and O–H groups in total. The number of aromatic nitrogens is 2. The van der Waals surface area contributed by atoms with Crippen molar-refractivity contribution in [2.24, 2.45) is 5.41 Å². The van der Waals surface area contributed by atoms with Gasteiger partial charge in [0.15, 0.2) is 5.16 Å². The predicted molar refractivity (Wildman–Crippen MR) is 115 cm³/mol. The molecule has 0 radical (unpaired) electrons. The summed E-state index contributed by atoms with van der Waals surface area (Å²) in [6.45, 7) is 1.04. The third kappa shape index (κ3) is 6.47. The normalized spacial score (nSPS) is 19.3. The summed E-state index contributed by atoms with van der Waals surface area (Å²) >= 11 is 1.79. The largest absolute Gasteiger partial charge is 0.320 e. The van der Waals surface area contributed by atoms with Crippen molar-refractivity contribution in [3.05, 3.63) is 66.0 Å². The zero-order valence-corrected chi connectivity index (χ0v) is 17.2. The van der Waals surface area contributed by atoms with Crippen LogP contribution in [-0.2, 0) is 12.8 Å². The van der Waals surface area contributed by atoms with Crippen molar-refractivity contribution in [3.63, 3.8) is 0 Å². The molecular formula is C23H31N3S. The number of hydrogen-bond acceptors (Lipinski definition) is 4. The molecule has 1 aromatic heterocycles. The first-order valence-electron chi connectivity index (χ1n) is 10.1. The quantitative estimate of drug-likeness (QED) is 0.269. The van der Waals surface area contributed by atoms with E-state index < -0.39 is 0 Å². The van der Waals surface area contributed by atoms with Crippen molar-refractivity contribution in [2.45, 2.75) is 50.1 Å². The highest BCUT2D eigenvalue weighted by Gasteiger charge is 2.28. The van der Waals surface area contributed by atoms with Crippen molar-refractivity contribution < 1.29 is 0 Å². The number of nitrogens with one attached hydrogen (secondary N) is 1. The summed E-state index contributed by atoms with van der Waals surface area (Å²) in [5, 5.41) is 4.08. The van der Waals surface area contributed by atoms with Crippen molar-refractivity contribution in [3.8, 4) is 0 Å². The minimum Gasteiger partial charge on any atom is -0.320 e. The second kappa shape index (κ2) is 10.6. The topological polar surface area (TPSA) is 37.8 Å². The first kappa shape index (κ1) is 20.1. The van der Waals surface area contributed by atoms with Crippen LogP contribution in [0.25, 0.3) is 0 Å². The van der Waals surface area contributed by atoms with Gasteiger partial charge in [-0.15, -0.1) is 0 Å². The summed E-state index contributed by atoms with van der Waals surface area (Å²) in [5.74, 6) is 1.07. The number of benzene rings is 1. The highest BCUT2D eigenvalue weighted by molar-refractivity contribution is 7.99. The molecule has 0 fully saturated rings. The first-order valence-corrected chi connectivity index (χ1v) is 11.1. The molecular weight excluding hydrogens is 350 g/mol. The molecule has 27 heavy (non-hydrogen) atoms. The van der Waals surface area contributed by atoms with E-state index in [2.05, 4.69) is 57.8 Å². The van der Waals surface area contributed by atoms with Crippen LogP contribution >= 0.6 is 11.8 Å². The lowest BCUT2D eigenvalue weighted by Gasteiger charge is -2.33. The monoisotopic (exact) mass is 381 g/mol. The molecule has 144 valence electrons. The highest BCUT2D eigenvalue weighted by Crippen LogP contribution is 2.39. The lowest BCUT2D eigenvalue weighted by Crippen LogP contribution is -2.24. The van der Waals surface area contributed by atoms with Crippen molar-refractivity contribution in [1.82, 2.24) is 15.3 Å². The van der Waals surface area contributed by atoms with Gasteiger partial charge in [-0.1, -0.05) is 54.2 Å². The average molecular weight is 382 g/mol. The Bertz CT molecular complexity index is 699. The minimum absolute atomic E-state index is 0.291. The minimum atomic E-state index is 0.291. The van der Waals surface area contributed by atoms with Crippen LogP contribution in [-0.4, -0.2) is 29.3 Å². The van der Waals surface area contributed by atoms with Gasteiger partial charge in [-0.25, -0.2) is 9.97 Å². The van der Waals surface area contributed by atoms with E-state index in [1.54, 1.807) is 11.8 Å². The molecule has 0 bridgehead atoms. The molecule has 4 heteroatoms. The Morgan fingerprint density at radius 3 is 2.63 bits per heavy atom. The van der Waals surface area contributed by atoms with Crippen LogP contribution in [0.4, 0.5) is 0 Å². The van der Waals surface area contributed by atoms with Gasteiger partial charge in [0.2, 0.25) is 0 Å². The zero-order chi connectivity index (χ0) is 18.8. The van der Waals surface area contributed by atoms with E-state index in [0.29, 0.717) is 5.41 Å². The number of thioether (sulfide) groups is 1. The van der Waals surface area contributed by atoms with E-state index in [1.165, 1.54) is 36.8 Å². The molecule has 0 saturated carbocycles. The van der Waals surface area contributed by atoms with Crippen LogP contribution < -0.4 is 5.32 Å². The molecule has 0 aliphatic heterocycles. The van der Waals surface area contributed by atoms with Crippen molar-refractivity contribution >= 4 is 11.8 Å². The van der Waals surface area contributed by atoms with Gasteiger partial charge in [0, 0.05) is 18.1 Å². The Morgan fingerprint density at radius 2 is 1.93 bits per heavy atom. The van der Waals surface area contributed by atoms with Crippen LogP contribution in [0, 0.1) is 5.41 Å². The van der Waals surface area contributed by atoms with Gasteiger partial charge < -0.3 is 5.32 Å². The molecule has 0 saturated heterocycles. The first-order chi connectivity index (χ1) is 13.3. The Hall–Kier alpha value is -1.65. The fourth-order valence-electron chi connectivity index (χ4n) is 3.80. The zero-order valence-electron chi connectivity index (χ0n) is 16.4. The van der Waals surface area contributed by atoms with Gasteiger partial charge in [-0.2, -0.15) is 0 Å². The standard InChI is InChI=1S/C23H31N3S/c1-24-15-8-11-21-18-25-22(26-19-21)27-16-14-23(12-6-3-7-13-23)17-20-9-4-2-5-10-20/h2,4-6,9-10,12,18-19,24H,3,7-8,11,13-17H2,1H3. The molecule has 2 aromatic rings. The number of rotatable bonds is 10. The summed E-state index contributed by atoms with van der Waals surface area (Å²) in [6.07, 6.45) is 17.1. The second-order valence-electron chi connectivity index (χ2n) is 7.50. The van der Waals surface area contributed by atoms with E-state index in [0.717, 1.165) is 36.7 Å². The molecule has 1 aromatic carbocycles. The molecule has 0 amide bonds. The van der Waals surface area contributed by atoms with Crippen molar-refractivity contribution in [1.29, 1.82) is 0 Å². The van der Waals surface area contributed by atoms with E-state index in [9.17, 15) is 0 Å². The second-order valence-corrected chi connectivity index (χ2v) is 8.56. The van der Waals surface area contributed by atoms with Crippen LogP contribution in [0.15, 0.2) is 60.0 Å². The Morgan fingerprint density at radius 1 is 1.11 bits per heavy atom. The van der Waals surface area contributed by atoms with Gasteiger partial charge in [0.05, 0.1) is 0 Å². The fraction of sp³-hybridized carbons (Fsp3) is 0.478. The molecule has 1 unspecified atom stereocenters. The smallest absolute Gasteiger partial charge is 0.187 e. The van der Waals surface area contributed by atoms with E-state index in [4.69, 9.17) is 0 Å². The molecule has 3 rings (SSSR count). The van der Waals surface area contributed by atoms with E-state index >= 15 is 0 Å². The third-order valence-electron chi connectivity index (χ3n) is 5.32. The summed E-state index contributed by atoms with van der Waals surface area (Å²) in [5.41, 5.74) is 2.96. The molecule has 0 spiro atoms. The SMILES string of the molecule is CNCCCc1cnc(SCCC2(Cc3ccccc3)C=CCCC2)nc1. The van der Waals surface area contributed by atoms with Crippen LogP contribution in [0.1, 0.15) is 43.2 Å². The van der Waals surface area contributed by atoms with E-state index in [-0.39, 0.29) is 0 Å². The number of aryl methyl sites for hydroxylation is 1. The number of nitrogens with zero attached hydrogens (tertiary/aromatic N) is 2. The Kier molecular flexibility index (Phi) is 7.91. The Balaban J connectivity index is 1.53. The van der Waals surface area contributed by atoms with E-state index in [1.807, 2.05) is 19.4 Å². The molecule has 1 aliphatic rings. The van der Waals surface area contributed by atoms with Gasteiger partial charge in [0.25, 0.3) is 0 Å². The van der Waals surface area contributed by atoms with Crippen LogP contribution in [0.3, 0.4) is 0 Å². The van der Waals surface area contributed by atoms with Gasteiger partial charge in [-0.3, -0.25) is 0 Å². The molecule has 1 aliphatic carbocycles. The predicted octanol–water partition coefficient (Wildman–Crippen LogP) is 5.08. The number of hydrogen-bond donors (Lipinski definition) is 1. The summed E-state index contributed by atoms with van der Waals surface area (Å²) in [6, 6.07) is 10.9. The third-order valence-corrected chi connectivity index (χ3v) is 6.20. The number of allylic oxidation sites excluding steroid dienone is 2. The summed E-state index contributed by atoms with van der Waals surface area (Å²) < 4.78 is 0. The maximum atomic E-state index is 4.56. The molecule has 1 heterocycles. The van der Waals surface area contributed by atoms with Crippen molar-refractivity contribution in [2.75, 3.05) is 19.3 Å². The van der Waals surface area contributed by atoms with Crippen LogP contribution in [0.2, 0.25) is 0 Å². The highest BCUT2D eigenvalue weighted by atomic mass is 32.2. The van der Waals surface area contributed by atoms with Gasteiger partial charge >= 0.3 is 0 Å². The Labute approximate surface area is 168 Å². The fourth-order valence-corrected chi connectivity index (χ4v) is 4.74. The van der Waals surface area contributed by atoms with Gasteiger partial charge in [-0.05, 0) is 75.1 Å². The molecule has 3 nitrogen and oxygen atoms in total.